The Morgan fingerprint density at radius 3 is 1.25 bits per heavy atom. The Morgan fingerprint density at radius 1 is 0.471 bits per heavy atom. The topological polar surface area (TPSA) is 111 Å². The van der Waals surface area contributed by atoms with E-state index < -0.39 is 32.5 Å². The predicted octanol–water partition coefficient (Wildman–Crippen LogP) is 16.1. The van der Waals surface area contributed by atoms with Gasteiger partial charge in [-0.05, 0) is 89.9 Å². The van der Waals surface area contributed by atoms with E-state index in [1.165, 1.54) is 89.9 Å². The van der Waals surface area contributed by atoms with E-state index in [4.69, 9.17) is 18.5 Å². The summed E-state index contributed by atoms with van der Waals surface area (Å²) in [4.78, 5) is 37.8. The highest BCUT2D eigenvalue weighted by Crippen LogP contribution is 2.38. The van der Waals surface area contributed by atoms with Gasteiger partial charge >= 0.3 is 11.9 Å². The van der Waals surface area contributed by atoms with Gasteiger partial charge in [0.05, 0.1) is 27.7 Å². The van der Waals surface area contributed by atoms with Crippen LogP contribution in [-0.2, 0) is 32.7 Å². The third-order valence-corrected chi connectivity index (χ3v) is 12.4. The van der Waals surface area contributed by atoms with Crippen molar-refractivity contribution in [2.75, 3.05) is 47.5 Å². The van der Waals surface area contributed by atoms with E-state index in [0.29, 0.717) is 17.4 Å². The molecule has 0 heterocycles. The zero-order valence-corrected chi connectivity index (χ0v) is 45.2. The zero-order chi connectivity index (χ0) is 49.9. The van der Waals surface area contributed by atoms with Crippen LogP contribution in [0, 0.1) is 0 Å². The van der Waals surface area contributed by atoms with Crippen LogP contribution >= 0.6 is 7.82 Å². The molecule has 0 aromatic carbocycles. The number of esters is 2. The molecule has 0 rings (SSSR count). The Balaban J connectivity index is 4.21. The monoisotopic (exact) mass is 972 g/mol. The van der Waals surface area contributed by atoms with Crippen molar-refractivity contribution in [1.82, 2.24) is 0 Å². The highest BCUT2D eigenvalue weighted by atomic mass is 31.2. The molecule has 10 heteroatoms. The molecule has 0 saturated carbocycles. The first-order valence-electron chi connectivity index (χ1n) is 27.3. The van der Waals surface area contributed by atoms with Crippen molar-refractivity contribution in [2.24, 2.45) is 0 Å². The van der Waals surface area contributed by atoms with Crippen molar-refractivity contribution in [3.63, 3.8) is 0 Å². The van der Waals surface area contributed by atoms with Crippen LogP contribution in [0.2, 0.25) is 0 Å². The molecule has 9 nitrogen and oxygen atoms in total. The van der Waals surface area contributed by atoms with Gasteiger partial charge in [0.15, 0.2) is 6.10 Å². The maximum absolute atomic E-state index is 12.8. The van der Waals surface area contributed by atoms with E-state index in [1.807, 2.05) is 21.1 Å². The number of hydrogen-bond acceptors (Lipinski definition) is 8. The minimum Gasteiger partial charge on any atom is -0.756 e. The third-order valence-electron chi connectivity index (χ3n) is 11.4. The predicted molar refractivity (Wildman–Crippen MR) is 286 cm³/mol. The largest absolute Gasteiger partial charge is 0.756 e. The summed E-state index contributed by atoms with van der Waals surface area (Å²) in [7, 11) is 1.15. The van der Waals surface area contributed by atoms with Gasteiger partial charge in [-0.2, -0.15) is 0 Å². The summed E-state index contributed by atoms with van der Waals surface area (Å²) in [5.41, 5.74) is 0. The molecule has 0 radical (unpaired) electrons. The fraction of sp³-hybridized carbons (Fsp3) is 0.724. The number of ether oxygens (including phenoxy) is 2. The smallest absolute Gasteiger partial charge is 0.306 e. The fourth-order valence-electron chi connectivity index (χ4n) is 7.18. The molecule has 0 aromatic heterocycles. The molecule has 0 aliphatic heterocycles. The molecule has 0 amide bonds. The number of quaternary nitrogens is 1. The van der Waals surface area contributed by atoms with Crippen LogP contribution in [0.1, 0.15) is 219 Å². The van der Waals surface area contributed by atoms with Crippen molar-refractivity contribution in [3.8, 4) is 0 Å². The van der Waals surface area contributed by atoms with Crippen molar-refractivity contribution < 1.29 is 42.1 Å². The highest BCUT2D eigenvalue weighted by molar-refractivity contribution is 7.45. The fourth-order valence-corrected chi connectivity index (χ4v) is 7.91. The van der Waals surface area contributed by atoms with Gasteiger partial charge in [0.25, 0.3) is 7.82 Å². The van der Waals surface area contributed by atoms with E-state index in [1.54, 1.807) is 0 Å². The van der Waals surface area contributed by atoms with E-state index in [-0.39, 0.29) is 26.1 Å². The van der Waals surface area contributed by atoms with E-state index in [2.05, 4.69) is 98.9 Å². The molecule has 0 bridgehead atoms. The summed E-state index contributed by atoms with van der Waals surface area (Å²) in [6.45, 7) is 4.09. The van der Waals surface area contributed by atoms with Crippen LogP contribution in [-0.4, -0.2) is 70.0 Å². The number of hydrogen-bond donors (Lipinski definition) is 0. The van der Waals surface area contributed by atoms with Gasteiger partial charge in [-0.25, -0.2) is 0 Å². The summed E-state index contributed by atoms with van der Waals surface area (Å²) < 4.78 is 34.1. The number of rotatable bonds is 49. The minimum absolute atomic E-state index is 0.0363. The van der Waals surface area contributed by atoms with Crippen LogP contribution in [0.3, 0.4) is 0 Å². The SMILES string of the molecule is CC/C=C\C/C=C\C/C=C\C/C=C\C/C=C\CCCCCCCCCCCCCC(=O)OC(COC(=O)CCCCCCCCC/C=C\C/C=C\CCCCC)COP(=O)([O-])OCC[N+](C)(C)C. The number of phosphoric acid groups is 1. The normalized spacial score (nSPS) is 14.0. The Labute approximate surface area is 418 Å². The Hall–Kier alpha value is -2.81. The number of nitrogens with zero attached hydrogens (tertiary/aromatic N) is 1. The van der Waals surface area contributed by atoms with E-state index in [0.717, 1.165) is 96.3 Å². The highest BCUT2D eigenvalue weighted by Gasteiger charge is 2.21. The molecule has 0 N–H and O–H groups in total. The first kappa shape index (κ1) is 65.2. The summed E-state index contributed by atoms with van der Waals surface area (Å²) >= 11 is 0. The van der Waals surface area contributed by atoms with Gasteiger partial charge in [0, 0.05) is 12.8 Å². The molecule has 0 aliphatic carbocycles. The van der Waals surface area contributed by atoms with Gasteiger partial charge in [0.1, 0.15) is 19.8 Å². The average Bonchev–Trinajstić information content (AvgIpc) is 3.30. The average molecular weight is 972 g/mol. The van der Waals surface area contributed by atoms with E-state index in [9.17, 15) is 19.0 Å². The summed E-state index contributed by atoms with van der Waals surface area (Å²) in [6.07, 6.45) is 64.7. The molecule has 0 aliphatic rings. The molecular formula is C58H102NO8P. The second-order valence-corrected chi connectivity index (χ2v) is 20.6. The summed E-state index contributed by atoms with van der Waals surface area (Å²) in [6, 6.07) is 0. The van der Waals surface area contributed by atoms with Crippen LogP contribution in [0.25, 0.3) is 0 Å². The summed E-state index contributed by atoms with van der Waals surface area (Å²) in [5, 5.41) is 0. The molecule has 0 aromatic rings. The summed E-state index contributed by atoms with van der Waals surface area (Å²) in [5.74, 6) is -0.848. The maximum Gasteiger partial charge on any atom is 0.306 e. The lowest BCUT2D eigenvalue weighted by Gasteiger charge is -2.28. The number of phosphoric ester groups is 1. The second kappa shape index (κ2) is 49.2. The lowest BCUT2D eigenvalue weighted by molar-refractivity contribution is -0.870. The first-order valence-corrected chi connectivity index (χ1v) is 28.8. The zero-order valence-electron chi connectivity index (χ0n) is 44.3. The van der Waals surface area contributed by atoms with Crippen molar-refractivity contribution in [3.05, 3.63) is 85.1 Å². The number of carbonyl (C=O) groups is 2. The van der Waals surface area contributed by atoms with Crippen molar-refractivity contribution >= 4 is 19.8 Å². The molecule has 2 unspecified atom stereocenters. The molecule has 0 fully saturated rings. The van der Waals surface area contributed by atoms with Gasteiger partial charge in [-0.15, -0.1) is 0 Å². The van der Waals surface area contributed by atoms with Gasteiger partial charge in [-0.1, -0.05) is 202 Å². The number of allylic oxidation sites excluding steroid dienone is 14. The standard InChI is InChI=1S/C58H102NO8P/c1-6-8-10-12-14-16-18-20-22-24-25-26-27-28-29-30-31-32-33-35-37-39-41-43-45-47-49-51-58(61)67-56(55-66-68(62,63)65-53-52-59(3,4)5)54-64-57(60)50-48-46-44-42-40-38-36-34-23-21-19-17-15-13-11-9-7-2/h8,10,14-17,20-23,25-26,28-29,56H,6-7,9,11-13,18-19,24,27,30-55H2,1-5H3/b10-8-,16-14-,17-15-,22-20-,23-21-,26-25-,29-28-. The van der Waals surface area contributed by atoms with Crippen molar-refractivity contribution in [1.29, 1.82) is 0 Å². The minimum atomic E-state index is -4.64. The molecule has 0 spiro atoms. The van der Waals surface area contributed by atoms with Crippen LogP contribution < -0.4 is 4.89 Å². The first-order chi connectivity index (χ1) is 33.0. The molecule has 68 heavy (non-hydrogen) atoms. The Kier molecular flexibility index (Phi) is 47.2. The van der Waals surface area contributed by atoms with Crippen LogP contribution in [0.15, 0.2) is 85.1 Å². The number of carbonyl (C=O) groups excluding carboxylic acids is 2. The van der Waals surface area contributed by atoms with Crippen molar-refractivity contribution in [2.45, 2.75) is 225 Å². The third kappa shape index (κ3) is 52.6. The number of likely N-dealkylation sites (N-methyl/N-ethyl adjacent to an activating group) is 1. The van der Waals surface area contributed by atoms with E-state index >= 15 is 0 Å². The van der Waals surface area contributed by atoms with Gasteiger partial charge < -0.3 is 27.9 Å². The number of unbranched alkanes of at least 4 members (excludes halogenated alkanes) is 21. The lowest BCUT2D eigenvalue weighted by atomic mass is 10.0. The maximum atomic E-state index is 12.8. The van der Waals surface area contributed by atoms with Crippen LogP contribution in [0.5, 0.6) is 0 Å². The Bertz CT molecular complexity index is 1420. The molecule has 0 saturated heterocycles. The van der Waals surface area contributed by atoms with Crippen LogP contribution in [0.4, 0.5) is 0 Å². The molecule has 2 atom stereocenters. The Morgan fingerprint density at radius 2 is 0.838 bits per heavy atom. The lowest BCUT2D eigenvalue weighted by Crippen LogP contribution is -2.37. The quantitative estimate of drug-likeness (QED) is 0.0195. The molecular weight excluding hydrogens is 870 g/mol. The molecule has 392 valence electrons. The van der Waals surface area contributed by atoms with Gasteiger partial charge in [0.2, 0.25) is 0 Å². The van der Waals surface area contributed by atoms with Gasteiger partial charge in [-0.3, -0.25) is 14.2 Å². The second-order valence-electron chi connectivity index (χ2n) is 19.2.